The summed E-state index contributed by atoms with van der Waals surface area (Å²) in [6.45, 7) is 0.836. The van der Waals surface area contributed by atoms with E-state index in [1.165, 1.54) is 5.56 Å². The Balaban J connectivity index is 1.56. The third-order valence-corrected chi connectivity index (χ3v) is 5.66. The zero-order valence-corrected chi connectivity index (χ0v) is 13.2. The highest BCUT2D eigenvalue weighted by molar-refractivity contribution is 7.89. The van der Waals surface area contributed by atoms with Gasteiger partial charge in [0.1, 0.15) is 0 Å². The predicted octanol–water partition coefficient (Wildman–Crippen LogP) is 2.84. The minimum atomic E-state index is -3.35. The normalized spacial score (nSPS) is 15.0. The molecule has 1 aromatic heterocycles. The van der Waals surface area contributed by atoms with E-state index < -0.39 is 10.0 Å². The van der Waals surface area contributed by atoms with Gasteiger partial charge in [-0.1, -0.05) is 0 Å². The molecular formula is C15H18N2O2S2. The summed E-state index contributed by atoms with van der Waals surface area (Å²) in [7, 11) is -3.35. The number of nitrogens with one attached hydrogen (secondary N) is 2. The lowest BCUT2D eigenvalue weighted by molar-refractivity contribution is 0.581. The maximum Gasteiger partial charge on any atom is 0.240 e. The van der Waals surface area contributed by atoms with Crippen LogP contribution < -0.4 is 10.0 Å². The van der Waals surface area contributed by atoms with Crippen molar-refractivity contribution in [1.29, 1.82) is 0 Å². The molecule has 1 saturated carbocycles. The van der Waals surface area contributed by atoms with Gasteiger partial charge in [-0.3, -0.25) is 0 Å². The molecule has 1 aromatic carbocycles. The Hall–Kier alpha value is -1.37. The van der Waals surface area contributed by atoms with Gasteiger partial charge in [0.25, 0.3) is 0 Å². The Morgan fingerprint density at radius 2 is 1.90 bits per heavy atom. The van der Waals surface area contributed by atoms with Crippen LogP contribution in [0.2, 0.25) is 0 Å². The van der Waals surface area contributed by atoms with Crippen LogP contribution in [0.15, 0.2) is 46.0 Å². The zero-order valence-electron chi connectivity index (χ0n) is 11.6. The van der Waals surface area contributed by atoms with Crippen molar-refractivity contribution in [3.63, 3.8) is 0 Å². The van der Waals surface area contributed by atoms with Crippen LogP contribution in [0.25, 0.3) is 0 Å². The zero-order chi connectivity index (χ0) is 14.7. The Bertz CT molecular complexity index is 675. The lowest BCUT2D eigenvalue weighted by atomic mass is 10.2. The number of sulfonamides is 1. The summed E-state index contributed by atoms with van der Waals surface area (Å²) in [5.41, 5.74) is 2.26. The number of thiophene rings is 1. The molecule has 3 rings (SSSR count). The lowest BCUT2D eigenvalue weighted by Crippen LogP contribution is -2.25. The fourth-order valence-electron chi connectivity index (χ4n) is 2.03. The monoisotopic (exact) mass is 322 g/mol. The van der Waals surface area contributed by atoms with E-state index in [1.807, 2.05) is 12.1 Å². The van der Waals surface area contributed by atoms with Gasteiger partial charge < -0.3 is 5.32 Å². The van der Waals surface area contributed by atoms with Gasteiger partial charge in [-0.15, -0.1) is 0 Å². The highest BCUT2D eigenvalue weighted by atomic mass is 32.2. The standard InChI is InChI=1S/C15H18N2O2S2/c18-21(19,17-14-1-2-14)15-5-3-13(4-6-15)16-9-7-12-8-10-20-11-12/h3-6,8,10-11,14,16-17H,1-2,7,9H2. The first-order chi connectivity index (χ1) is 10.1. The van der Waals surface area contributed by atoms with E-state index in [2.05, 4.69) is 26.9 Å². The second-order valence-electron chi connectivity index (χ2n) is 5.23. The molecule has 2 aromatic rings. The third-order valence-electron chi connectivity index (χ3n) is 3.39. The molecule has 1 aliphatic carbocycles. The summed E-state index contributed by atoms with van der Waals surface area (Å²) in [5.74, 6) is 0. The summed E-state index contributed by atoms with van der Waals surface area (Å²) in [4.78, 5) is 0.331. The van der Waals surface area contributed by atoms with Crippen molar-refractivity contribution in [3.05, 3.63) is 46.7 Å². The molecule has 1 heterocycles. The molecule has 4 nitrogen and oxygen atoms in total. The molecule has 21 heavy (non-hydrogen) atoms. The van der Waals surface area contributed by atoms with Crippen molar-refractivity contribution >= 4 is 27.0 Å². The van der Waals surface area contributed by atoms with E-state index in [4.69, 9.17) is 0 Å². The summed E-state index contributed by atoms with van der Waals surface area (Å²) in [6, 6.07) is 9.18. The quantitative estimate of drug-likeness (QED) is 0.824. The molecule has 1 aliphatic rings. The fourth-order valence-corrected chi connectivity index (χ4v) is 4.03. The van der Waals surface area contributed by atoms with E-state index in [0.29, 0.717) is 4.90 Å². The van der Waals surface area contributed by atoms with Crippen LogP contribution >= 0.6 is 11.3 Å². The second-order valence-corrected chi connectivity index (χ2v) is 7.72. The highest BCUT2D eigenvalue weighted by Crippen LogP contribution is 2.22. The molecule has 0 aliphatic heterocycles. The maximum atomic E-state index is 12.0. The first-order valence-electron chi connectivity index (χ1n) is 7.01. The largest absolute Gasteiger partial charge is 0.385 e. The summed E-state index contributed by atoms with van der Waals surface area (Å²) in [6.07, 6.45) is 2.86. The molecule has 0 unspecified atom stereocenters. The van der Waals surface area contributed by atoms with Gasteiger partial charge >= 0.3 is 0 Å². The van der Waals surface area contributed by atoms with Crippen molar-refractivity contribution in [1.82, 2.24) is 4.72 Å². The smallest absolute Gasteiger partial charge is 0.240 e. The SMILES string of the molecule is O=S(=O)(NC1CC1)c1ccc(NCCc2ccsc2)cc1. The van der Waals surface area contributed by atoms with Crippen molar-refractivity contribution in [3.8, 4) is 0 Å². The van der Waals surface area contributed by atoms with Gasteiger partial charge in [0, 0.05) is 18.3 Å². The highest BCUT2D eigenvalue weighted by Gasteiger charge is 2.27. The average molecular weight is 322 g/mol. The number of anilines is 1. The lowest BCUT2D eigenvalue weighted by Gasteiger charge is -2.08. The van der Waals surface area contributed by atoms with Crippen LogP contribution in [-0.4, -0.2) is 21.0 Å². The molecule has 0 spiro atoms. The topological polar surface area (TPSA) is 58.2 Å². The van der Waals surface area contributed by atoms with Crippen LogP contribution in [0.1, 0.15) is 18.4 Å². The minimum Gasteiger partial charge on any atom is -0.385 e. The molecule has 0 atom stereocenters. The van der Waals surface area contributed by atoms with E-state index in [9.17, 15) is 8.42 Å². The van der Waals surface area contributed by atoms with Gasteiger partial charge in [0.05, 0.1) is 4.90 Å². The summed E-state index contributed by atoms with van der Waals surface area (Å²) in [5, 5.41) is 7.52. The van der Waals surface area contributed by atoms with Gasteiger partial charge in [-0.2, -0.15) is 11.3 Å². The van der Waals surface area contributed by atoms with Crippen LogP contribution in [0, 0.1) is 0 Å². The fraction of sp³-hybridized carbons (Fsp3) is 0.333. The van der Waals surface area contributed by atoms with E-state index >= 15 is 0 Å². The number of rotatable bonds is 7. The Morgan fingerprint density at radius 3 is 2.52 bits per heavy atom. The molecule has 2 N–H and O–H groups in total. The van der Waals surface area contributed by atoms with Gasteiger partial charge in [-0.05, 0) is 65.9 Å². The number of hydrogen-bond donors (Lipinski definition) is 2. The van der Waals surface area contributed by atoms with Crippen molar-refractivity contribution in [2.45, 2.75) is 30.2 Å². The molecule has 0 saturated heterocycles. The van der Waals surface area contributed by atoms with E-state index in [1.54, 1.807) is 23.5 Å². The number of hydrogen-bond acceptors (Lipinski definition) is 4. The first-order valence-corrected chi connectivity index (χ1v) is 9.43. The Morgan fingerprint density at radius 1 is 1.14 bits per heavy atom. The molecule has 6 heteroatoms. The van der Waals surface area contributed by atoms with Crippen molar-refractivity contribution in [2.24, 2.45) is 0 Å². The number of benzene rings is 1. The van der Waals surface area contributed by atoms with Crippen LogP contribution in [0.3, 0.4) is 0 Å². The molecule has 0 bridgehead atoms. The van der Waals surface area contributed by atoms with Gasteiger partial charge in [-0.25, -0.2) is 13.1 Å². The van der Waals surface area contributed by atoms with Crippen LogP contribution in [0.4, 0.5) is 5.69 Å². The van der Waals surface area contributed by atoms with E-state index in [0.717, 1.165) is 31.5 Å². The Labute approximate surface area is 129 Å². The molecule has 112 valence electrons. The predicted molar refractivity (Wildman–Crippen MR) is 86.3 cm³/mol. The van der Waals surface area contributed by atoms with Gasteiger partial charge in [0.15, 0.2) is 0 Å². The van der Waals surface area contributed by atoms with Crippen LogP contribution in [0.5, 0.6) is 0 Å². The van der Waals surface area contributed by atoms with Crippen LogP contribution in [-0.2, 0) is 16.4 Å². The molecule has 0 amide bonds. The van der Waals surface area contributed by atoms with Gasteiger partial charge in [0.2, 0.25) is 10.0 Å². The average Bonchev–Trinajstić information content (AvgIpc) is 3.11. The summed E-state index contributed by atoms with van der Waals surface area (Å²) < 4.78 is 26.7. The Kier molecular flexibility index (Phi) is 4.28. The van der Waals surface area contributed by atoms with Crippen molar-refractivity contribution in [2.75, 3.05) is 11.9 Å². The molecule has 1 fully saturated rings. The second kappa shape index (κ2) is 6.17. The molecular weight excluding hydrogens is 304 g/mol. The van der Waals surface area contributed by atoms with E-state index in [-0.39, 0.29) is 6.04 Å². The third kappa shape index (κ3) is 4.06. The minimum absolute atomic E-state index is 0.137. The maximum absolute atomic E-state index is 12.0. The summed E-state index contributed by atoms with van der Waals surface area (Å²) >= 11 is 1.70. The first kappa shape index (κ1) is 14.6. The molecule has 0 radical (unpaired) electrons. The van der Waals surface area contributed by atoms with Crippen molar-refractivity contribution < 1.29 is 8.42 Å².